The number of aromatic nitrogens is 4. The minimum atomic E-state index is 0.578. The molecule has 0 amide bonds. The van der Waals surface area contributed by atoms with Crippen LogP contribution in [0.2, 0.25) is 0 Å². The van der Waals surface area contributed by atoms with E-state index in [1.165, 1.54) is 17.6 Å². The molecule has 3 aromatic heterocycles. The monoisotopic (exact) mass is 270 g/mol. The molecule has 104 valence electrons. The van der Waals surface area contributed by atoms with Crippen LogP contribution in [-0.4, -0.2) is 27.5 Å². The van der Waals surface area contributed by atoms with Gasteiger partial charge in [0.15, 0.2) is 16.9 Å². The maximum atomic E-state index is 4.50. The van der Waals surface area contributed by atoms with Crippen molar-refractivity contribution in [3.8, 4) is 0 Å². The van der Waals surface area contributed by atoms with Gasteiger partial charge in [-0.05, 0) is 12.5 Å². The van der Waals surface area contributed by atoms with E-state index in [2.05, 4.69) is 50.5 Å². The number of rotatable bonds is 2. The van der Waals surface area contributed by atoms with E-state index < -0.39 is 0 Å². The number of hydrogen-bond donors (Lipinski definition) is 2. The molecule has 0 aromatic carbocycles. The van der Waals surface area contributed by atoms with Crippen LogP contribution < -0.4 is 9.88 Å². The molecule has 4 heterocycles. The van der Waals surface area contributed by atoms with Crippen molar-refractivity contribution in [2.45, 2.75) is 19.3 Å². The minimum Gasteiger partial charge on any atom is -0.343 e. The molecular formula is C15H20N5+. The quantitative estimate of drug-likeness (QED) is 0.691. The van der Waals surface area contributed by atoms with Crippen LogP contribution in [0.5, 0.6) is 0 Å². The second-order valence-electron chi connectivity index (χ2n) is 5.76. The number of imidazole rings is 1. The average Bonchev–Trinajstić information content (AvgIpc) is 3.14. The van der Waals surface area contributed by atoms with Crippen LogP contribution in [0.25, 0.3) is 16.8 Å². The largest absolute Gasteiger partial charge is 0.343 e. The Morgan fingerprint density at radius 2 is 2.35 bits per heavy atom. The van der Waals surface area contributed by atoms with Gasteiger partial charge in [-0.3, -0.25) is 0 Å². The molecule has 0 unspecified atom stereocenters. The highest BCUT2D eigenvalue weighted by Crippen LogP contribution is 2.31. The third kappa shape index (κ3) is 1.53. The van der Waals surface area contributed by atoms with Crippen molar-refractivity contribution < 1.29 is 4.57 Å². The molecule has 1 fully saturated rings. The summed E-state index contributed by atoms with van der Waals surface area (Å²) in [5, 5.41) is 3.54. The van der Waals surface area contributed by atoms with E-state index in [1.807, 2.05) is 12.4 Å². The van der Waals surface area contributed by atoms with Crippen LogP contribution in [-0.2, 0) is 7.05 Å². The van der Waals surface area contributed by atoms with Crippen molar-refractivity contribution in [2.75, 3.05) is 13.1 Å². The summed E-state index contributed by atoms with van der Waals surface area (Å²) < 4.78 is 4.54. The van der Waals surface area contributed by atoms with Crippen molar-refractivity contribution in [1.82, 2.24) is 19.7 Å². The summed E-state index contributed by atoms with van der Waals surface area (Å²) in [4.78, 5) is 7.70. The number of fused-ring (bicyclic) bond motifs is 3. The first-order chi connectivity index (χ1) is 9.79. The summed E-state index contributed by atoms with van der Waals surface area (Å²) in [5.74, 6) is 1.30. The van der Waals surface area contributed by atoms with E-state index in [1.54, 1.807) is 0 Å². The first-order valence-corrected chi connectivity index (χ1v) is 7.33. The Morgan fingerprint density at radius 3 is 3.20 bits per heavy atom. The van der Waals surface area contributed by atoms with E-state index in [4.69, 9.17) is 0 Å². The Labute approximate surface area is 117 Å². The normalized spacial score (nSPS) is 23.1. The predicted octanol–water partition coefficient (Wildman–Crippen LogP) is 1.35. The maximum Gasteiger partial charge on any atom is 0.305 e. The van der Waals surface area contributed by atoms with Crippen molar-refractivity contribution >= 4 is 16.8 Å². The summed E-state index contributed by atoms with van der Waals surface area (Å²) in [7, 11) is 2.10. The molecule has 2 N–H and O–H groups in total. The summed E-state index contributed by atoms with van der Waals surface area (Å²) >= 11 is 0. The number of hydrogen-bond acceptors (Lipinski definition) is 2. The Balaban J connectivity index is 2.01. The van der Waals surface area contributed by atoms with Gasteiger partial charge in [0.2, 0.25) is 0 Å². The Hall–Kier alpha value is -1.88. The SMILES string of the molecule is CC[C@@H]1CNC[C@@H]1c1c[n+](C)c2cnc3[nH]ccc3n12. The van der Waals surface area contributed by atoms with Gasteiger partial charge in [0.1, 0.15) is 12.4 Å². The molecule has 0 bridgehead atoms. The zero-order valence-corrected chi connectivity index (χ0v) is 11.9. The zero-order chi connectivity index (χ0) is 13.7. The summed E-state index contributed by atoms with van der Waals surface area (Å²) in [5.41, 5.74) is 4.66. The van der Waals surface area contributed by atoms with E-state index >= 15 is 0 Å². The molecular weight excluding hydrogens is 250 g/mol. The van der Waals surface area contributed by atoms with Crippen LogP contribution in [0, 0.1) is 5.92 Å². The van der Waals surface area contributed by atoms with E-state index in [-0.39, 0.29) is 0 Å². The summed E-state index contributed by atoms with van der Waals surface area (Å²) in [6, 6.07) is 2.11. The average molecular weight is 270 g/mol. The number of aromatic amines is 1. The van der Waals surface area contributed by atoms with Gasteiger partial charge in [0.05, 0.1) is 7.05 Å². The van der Waals surface area contributed by atoms with Crippen molar-refractivity contribution in [3.63, 3.8) is 0 Å². The lowest BCUT2D eigenvalue weighted by atomic mass is 9.91. The molecule has 0 aliphatic carbocycles. The molecule has 1 aliphatic rings. The topological polar surface area (TPSA) is 49.0 Å². The highest BCUT2D eigenvalue weighted by molar-refractivity contribution is 5.74. The van der Waals surface area contributed by atoms with Gasteiger partial charge in [0, 0.05) is 24.7 Å². The minimum absolute atomic E-state index is 0.578. The van der Waals surface area contributed by atoms with Gasteiger partial charge in [-0.2, -0.15) is 4.40 Å². The molecule has 0 radical (unpaired) electrons. The fraction of sp³-hybridized carbons (Fsp3) is 0.467. The van der Waals surface area contributed by atoms with Crippen LogP contribution in [0.3, 0.4) is 0 Å². The fourth-order valence-corrected chi connectivity index (χ4v) is 3.55. The van der Waals surface area contributed by atoms with Crippen molar-refractivity contribution in [3.05, 3.63) is 30.4 Å². The lowest BCUT2D eigenvalue weighted by Crippen LogP contribution is -2.25. The van der Waals surface area contributed by atoms with Gasteiger partial charge in [0.25, 0.3) is 0 Å². The molecule has 3 aromatic rings. The first-order valence-electron chi connectivity index (χ1n) is 7.33. The number of nitrogens with zero attached hydrogens (tertiary/aromatic N) is 3. The molecule has 2 atom stereocenters. The third-order valence-corrected chi connectivity index (χ3v) is 4.67. The van der Waals surface area contributed by atoms with E-state index in [0.717, 1.165) is 30.3 Å². The maximum absolute atomic E-state index is 4.50. The lowest BCUT2D eigenvalue weighted by Gasteiger charge is -2.13. The Bertz CT molecular complexity index is 769. The van der Waals surface area contributed by atoms with Gasteiger partial charge in [-0.1, -0.05) is 13.3 Å². The molecule has 4 rings (SSSR count). The number of aryl methyl sites for hydroxylation is 1. The number of nitrogens with one attached hydrogen (secondary N) is 2. The summed E-state index contributed by atoms with van der Waals surface area (Å²) in [6.07, 6.45) is 7.40. The molecule has 20 heavy (non-hydrogen) atoms. The summed E-state index contributed by atoms with van der Waals surface area (Å²) in [6.45, 7) is 4.48. The molecule has 1 saturated heterocycles. The van der Waals surface area contributed by atoms with E-state index in [0.29, 0.717) is 5.92 Å². The molecule has 0 saturated carbocycles. The second-order valence-corrected chi connectivity index (χ2v) is 5.76. The lowest BCUT2D eigenvalue weighted by molar-refractivity contribution is -0.644. The Kier molecular flexibility index (Phi) is 2.57. The van der Waals surface area contributed by atoms with Gasteiger partial charge in [-0.15, -0.1) is 0 Å². The van der Waals surface area contributed by atoms with Gasteiger partial charge < -0.3 is 10.3 Å². The highest BCUT2D eigenvalue weighted by Gasteiger charge is 2.34. The standard InChI is InChI=1S/C15H19N5/c1-3-10-6-16-7-11(10)13-9-19(2)14-8-18-15-12(20(13)14)4-5-17-15/h4-5,8-11,16H,3,6-7H2,1-2H3/p+1/t10-,11+/m1/s1. The highest BCUT2D eigenvalue weighted by atomic mass is 15.1. The zero-order valence-electron chi connectivity index (χ0n) is 11.9. The van der Waals surface area contributed by atoms with E-state index in [9.17, 15) is 0 Å². The second kappa shape index (κ2) is 4.31. The molecule has 1 aliphatic heterocycles. The number of H-pyrrole nitrogens is 1. The Morgan fingerprint density at radius 1 is 1.45 bits per heavy atom. The smallest absolute Gasteiger partial charge is 0.305 e. The van der Waals surface area contributed by atoms with Crippen LogP contribution in [0.4, 0.5) is 0 Å². The van der Waals surface area contributed by atoms with Crippen LogP contribution in [0.1, 0.15) is 25.0 Å². The molecule has 5 nitrogen and oxygen atoms in total. The van der Waals surface area contributed by atoms with Crippen molar-refractivity contribution in [2.24, 2.45) is 13.0 Å². The van der Waals surface area contributed by atoms with Crippen LogP contribution in [0.15, 0.2) is 24.7 Å². The third-order valence-electron chi connectivity index (χ3n) is 4.67. The van der Waals surface area contributed by atoms with Gasteiger partial charge >= 0.3 is 5.65 Å². The predicted molar refractivity (Wildman–Crippen MR) is 77.6 cm³/mol. The molecule has 5 heteroatoms. The van der Waals surface area contributed by atoms with Gasteiger partial charge in [-0.25, -0.2) is 9.55 Å². The fourth-order valence-electron chi connectivity index (χ4n) is 3.55. The first kappa shape index (κ1) is 11.9. The molecule has 0 spiro atoms. The van der Waals surface area contributed by atoms with Crippen molar-refractivity contribution in [1.29, 1.82) is 0 Å². The van der Waals surface area contributed by atoms with Crippen LogP contribution >= 0.6 is 0 Å².